The molecule has 1 amide bonds. The Morgan fingerprint density at radius 3 is 2.35 bits per heavy atom. The molecule has 10 heteroatoms. The highest BCUT2D eigenvalue weighted by atomic mass is 32.2. The second kappa shape index (κ2) is 9.97. The van der Waals surface area contributed by atoms with Crippen LogP contribution in [0, 0.1) is 0 Å². The smallest absolute Gasteiger partial charge is 0.305 e. The fraction of sp³-hybridized carbons (Fsp3) is 0.500. The maximum atomic E-state index is 12.3. The minimum absolute atomic E-state index is 0.0131. The van der Waals surface area contributed by atoms with Gasteiger partial charge in [0.25, 0.3) is 0 Å². The zero-order chi connectivity index (χ0) is 19.7. The van der Waals surface area contributed by atoms with Crippen LogP contribution in [0.15, 0.2) is 23.1 Å². The van der Waals surface area contributed by atoms with E-state index in [4.69, 9.17) is 14.6 Å². The van der Waals surface area contributed by atoms with E-state index in [-0.39, 0.29) is 42.5 Å². The van der Waals surface area contributed by atoms with Crippen LogP contribution in [-0.2, 0) is 19.6 Å². The molecule has 0 saturated carbocycles. The number of amides is 1. The van der Waals surface area contributed by atoms with Gasteiger partial charge in [0, 0.05) is 32.1 Å². The average Bonchev–Trinajstić information content (AvgIpc) is 2.61. The van der Waals surface area contributed by atoms with Gasteiger partial charge < -0.3 is 19.5 Å². The summed E-state index contributed by atoms with van der Waals surface area (Å²) in [6, 6.07) is 4.17. The molecule has 0 saturated heterocycles. The molecule has 0 aromatic heterocycles. The number of aliphatic carboxylic acids is 1. The van der Waals surface area contributed by atoms with Gasteiger partial charge in [0.05, 0.1) is 25.5 Å². The van der Waals surface area contributed by atoms with Crippen molar-refractivity contribution in [1.82, 2.24) is 9.62 Å². The fourth-order valence-electron chi connectivity index (χ4n) is 2.21. The Morgan fingerprint density at radius 2 is 1.81 bits per heavy atom. The van der Waals surface area contributed by atoms with E-state index in [1.165, 1.54) is 37.3 Å². The molecular formula is C16H24N2O7S. The first-order valence-electron chi connectivity index (χ1n) is 7.96. The summed E-state index contributed by atoms with van der Waals surface area (Å²) in [6.07, 6.45) is -0.225. The minimum Gasteiger partial charge on any atom is -0.493 e. The van der Waals surface area contributed by atoms with Crippen molar-refractivity contribution in [1.29, 1.82) is 0 Å². The first-order chi connectivity index (χ1) is 12.2. The number of methoxy groups -OCH3 is 2. The van der Waals surface area contributed by atoms with Crippen molar-refractivity contribution in [2.24, 2.45) is 0 Å². The largest absolute Gasteiger partial charge is 0.493 e. The summed E-state index contributed by atoms with van der Waals surface area (Å²) < 4.78 is 37.1. The lowest BCUT2D eigenvalue weighted by Gasteiger charge is -2.20. The SMILES string of the molecule is CCN(CCC(=O)O)C(=O)CCNS(=O)(=O)c1ccc(OC)c(OC)c1. The van der Waals surface area contributed by atoms with Crippen LogP contribution in [0.3, 0.4) is 0 Å². The summed E-state index contributed by atoms with van der Waals surface area (Å²) in [5, 5.41) is 8.68. The molecule has 0 unspecified atom stereocenters. The number of nitrogens with one attached hydrogen (secondary N) is 1. The number of hydrogen-bond acceptors (Lipinski definition) is 6. The lowest BCUT2D eigenvalue weighted by atomic mass is 10.3. The molecule has 1 rings (SSSR count). The summed E-state index contributed by atoms with van der Waals surface area (Å²) in [5.41, 5.74) is 0. The normalized spacial score (nSPS) is 11.0. The summed E-state index contributed by atoms with van der Waals surface area (Å²) in [6.45, 7) is 2.08. The number of carboxylic acid groups (broad SMARTS) is 1. The average molecular weight is 388 g/mol. The van der Waals surface area contributed by atoms with Crippen LogP contribution in [0.25, 0.3) is 0 Å². The van der Waals surface area contributed by atoms with Gasteiger partial charge in [-0.3, -0.25) is 9.59 Å². The highest BCUT2D eigenvalue weighted by molar-refractivity contribution is 7.89. The third kappa shape index (κ3) is 6.19. The van der Waals surface area contributed by atoms with Gasteiger partial charge in [-0.05, 0) is 19.1 Å². The van der Waals surface area contributed by atoms with Crippen LogP contribution in [0.5, 0.6) is 11.5 Å². The van der Waals surface area contributed by atoms with Crippen molar-refractivity contribution in [3.05, 3.63) is 18.2 Å². The molecule has 9 nitrogen and oxygen atoms in total. The van der Waals surface area contributed by atoms with Crippen molar-refractivity contribution in [3.63, 3.8) is 0 Å². The predicted octanol–water partition coefficient (Wildman–Crippen LogP) is 0.695. The molecule has 0 aliphatic heterocycles. The molecule has 0 fully saturated rings. The third-order valence-electron chi connectivity index (χ3n) is 3.63. The van der Waals surface area contributed by atoms with Crippen LogP contribution in [0.4, 0.5) is 0 Å². The first-order valence-corrected chi connectivity index (χ1v) is 9.44. The van der Waals surface area contributed by atoms with Gasteiger partial charge in [-0.2, -0.15) is 0 Å². The number of carboxylic acids is 1. The number of sulfonamides is 1. The Bertz CT molecular complexity index is 734. The number of carbonyl (C=O) groups is 2. The van der Waals surface area contributed by atoms with Crippen molar-refractivity contribution in [3.8, 4) is 11.5 Å². The first kappa shape index (κ1) is 21.7. The molecule has 0 bridgehead atoms. The standard InChI is InChI=1S/C16H24N2O7S/c1-4-18(10-8-16(20)21)15(19)7-9-17-26(22,23)12-5-6-13(24-2)14(11-12)25-3/h5-6,11,17H,4,7-10H2,1-3H3,(H,20,21). The molecule has 0 atom stereocenters. The highest BCUT2D eigenvalue weighted by Gasteiger charge is 2.18. The van der Waals surface area contributed by atoms with E-state index >= 15 is 0 Å². The molecule has 26 heavy (non-hydrogen) atoms. The van der Waals surface area contributed by atoms with Crippen LogP contribution in [0.2, 0.25) is 0 Å². The Labute approximate surface area is 152 Å². The molecular weight excluding hydrogens is 364 g/mol. The molecule has 1 aromatic rings. The van der Waals surface area contributed by atoms with E-state index < -0.39 is 16.0 Å². The molecule has 0 aliphatic rings. The topological polar surface area (TPSA) is 122 Å². The van der Waals surface area contributed by atoms with E-state index in [0.717, 1.165) is 0 Å². The molecule has 1 aromatic carbocycles. The zero-order valence-electron chi connectivity index (χ0n) is 15.0. The van der Waals surface area contributed by atoms with Gasteiger partial charge in [-0.1, -0.05) is 0 Å². The number of benzene rings is 1. The quantitative estimate of drug-likeness (QED) is 0.572. The maximum absolute atomic E-state index is 12.3. The molecule has 2 N–H and O–H groups in total. The van der Waals surface area contributed by atoms with Crippen molar-refractivity contribution >= 4 is 21.9 Å². The van der Waals surface area contributed by atoms with Crippen molar-refractivity contribution in [2.75, 3.05) is 33.9 Å². The van der Waals surface area contributed by atoms with Gasteiger partial charge >= 0.3 is 5.97 Å². The Hall–Kier alpha value is -2.33. The number of ether oxygens (including phenoxy) is 2. The summed E-state index contributed by atoms with van der Waals surface area (Å²) in [4.78, 5) is 24.0. The Kier molecular flexibility index (Phi) is 8.33. The van der Waals surface area contributed by atoms with E-state index in [0.29, 0.717) is 12.3 Å². The zero-order valence-corrected chi connectivity index (χ0v) is 15.8. The minimum atomic E-state index is -3.82. The maximum Gasteiger partial charge on any atom is 0.305 e. The highest BCUT2D eigenvalue weighted by Crippen LogP contribution is 2.29. The monoisotopic (exact) mass is 388 g/mol. The Morgan fingerprint density at radius 1 is 1.15 bits per heavy atom. The van der Waals surface area contributed by atoms with E-state index in [9.17, 15) is 18.0 Å². The van der Waals surface area contributed by atoms with Crippen LogP contribution in [-0.4, -0.2) is 64.2 Å². The lowest BCUT2D eigenvalue weighted by Crippen LogP contribution is -2.35. The van der Waals surface area contributed by atoms with Crippen LogP contribution in [0.1, 0.15) is 19.8 Å². The van der Waals surface area contributed by atoms with E-state index in [1.54, 1.807) is 6.92 Å². The molecule has 0 aliphatic carbocycles. The molecule has 0 radical (unpaired) electrons. The van der Waals surface area contributed by atoms with Crippen molar-refractivity contribution < 1.29 is 32.6 Å². The predicted molar refractivity (Wildman–Crippen MR) is 93.9 cm³/mol. The van der Waals surface area contributed by atoms with Gasteiger partial charge in [-0.15, -0.1) is 0 Å². The lowest BCUT2D eigenvalue weighted by molar-refractivity contribution is -0.138. The van der Waals surface area contributed by atoms with Crippen LogP contribution >= 0.6 is 0 Å². The number of rotatable bonds is 11. The second-order valence-electron chi connectivity index (χ2n) is 5.28. The number of hydrogen-bond donors (Lipinski definition) is 2. The van der Waals surface area contributed by atoms with Crippen LogP contribution < -0.4 is 14.2 Å². The Balaban J connectivity index is 2.68. The molecule has 0 heterocycles. The van der Waals surface area contributed by atoms with E-state index in [1.807, 2.05) is 0 Å². The number of nitrogens with zero attached hydrogens (tertiary/aromatic N) is 1. The summed E-state index contributed by atoms with van der Waals surface area (Å²) >= 11 is 0. The second-order valence-corrected chi connectivity index (χ2v) is 7.05. The van der Waals surface area contributed by atoms with Gasteiger partial charge in [0.2, 0.25) is 15.9 Å². The molecule has 0 spiro atoms. The number of carbonyl (C=O) groups excluding carboxylic acids is 1. The van der Waals surface area contributed by atoms with Gasteiger partial charge in [-0.25, -0.2) is 13.1 Å². The van der Waals surface area contributed by atoms with Gasteiger partial charge in [0.15, 0.2) is 11.5 Å². The van der Waals surface area contributed by atoms with Crippen molar-refractivity contribution in [2.45, 2.75) is 24.7 Å². The summed E-state index contributed by atoms with van der Waals surface area (Å²) in [5.74, 6) is -0.634. The third-order valence-corrected chi connectivity index (χ3v) is 5.08. The fourth-order valence-corrected chi connectivity index (χ4v) is 3.25. The van der Waals surface area contributed by atoms with E-state index in [2.05, 4.69) is 4.72 Å². The summed E-state index contributed by atoms with van der Waals surface area (Å²) in [7, 11) is -0.978. The molecule has 146 valence electrons. The van der Waals surface area contributed by atoms with Gasteiger partial charge in [0.1, 0.15) is 0 Å².